The number of carboxylic acid groups (broad SMARTS) is 1. The molecule has 1 atom stereocenters. The van der Waals surface area contributed by atoms with E-state index in [-0.39, 0.29) is 5.91 Å². The van der Waals surface area contributed by atoms with Crippen molar-refractivity contribution in [3.63, 3.8) is 0 Å². The fraction of sp³-hybridized carbons (Fsp3) is 0.467. The average Bonchev–Trinajstić information content (AvgIpc) is 3.22. The number of nitrogens with one attached hydrogen (secondary N) is 1. The fourth-order valence-corrected chi connectivity index (χ4v) is 2.12. The third-order valence-corrected chi connectivity index (χ3v) is 3.37. The molecule has 1 aromatic carbocycles. The first-order chi connectivity index (χ1) is 9.60. The van der Waals surface area contributed by atoms with Gasteiger partial charge in [0.2, 0.25) is 0 Å². The van der Waals surface area contributed by atoms with Crippen LogP contribution in [0, 0.1) is 5.92 Å². The second-order valence-corrected chi connectivity index (χ2v) is 5.18. The van der Waals surface area contributed by atoms with E-state index in [0.29, 0.717) is 24.5 Å². The van der Waals surface area contributed by atoms with E-state index in [4.69, 9.17) is 9.84 Å². The second-order valence-electron chi connectivity index (χ2n) is 5.18. The Balaban J connectivity index is 2.01. The van der Waals surface area contributed by atoms with Crippen LogP contribution < -0.4 is 5.32 Å². The van der Waals surface area contributed by atoms with E-state index in [9.17, 15) is 9.59 Å². The summed E-state index contributed by atoms with van der Waals surface area (Å²) in [6.07, 6.45) is 2.63. The van der Waals surface area contributed by atoms with Crippen LogP contribution in [0.5, 0.6) is 0 Å². The van der Waals surface area contributed by atoms with Crippen molar-refractivity contribution < 1.29 is 19.4 Å². The highest BCUT2D eigenvalue weighted by molar-refractivity contribution is 5.96. The maximum Gasteiger partial charge on any atom is 0.326 e. The van der Waals surface area contributed by atoms with Gasteiger partial charge >= 0.3 is 5.97 Å². The lowest BCUT2D eigenvalue weighted by Gasteiger charge is -2.14. The molecule has 0 spiro atoms. The summed E-state index contributed by atoms with van der Waals surface area (Å²) in [4.78, 5) is 23.3. The molecule has 1 aliphatic carbocycles. The van der Waals surface area contributed by atoms with Gasteiger partial charge in [0.1, 0.15) is 6.04 Å². The molecule has 0 saturated heterocycles. The highest BCUT2D eigenvalue weighted by Gasteiger charge is 2.30. The number of amides is 1. The summed E-state index contributed by atoms with van der Waals surface area (Å²) in [5, 5.41) is 11.7. The van der Waals surface area contributed by atoms with E-state index in [2.05, 4.69) is 5.32 Å². The quantitative estimate of drug-likeness (QED) is 0.797. The Hall–Kier alpha value is -1.88. The van der Waals surface area contributed by atoms with Crippen molar-refractivity contribution in [1.82, 2.24) is 5.32 Å². The van der Waals surface area contributed by atoms with Crippen molar-refractivity contribution in [3.05, 3.63) is 35.4 Å². The molecule has 5 nitrogen and oxygen atoms in total. The molecular weight excluding hydrogens is 258 g/mol. The van der Waals surface area contributed by atoms with Gasteiger partial charge in [-0.15, -0.1) is 0 Å². The first-order valence-corrected chi connectivity index (χ1v) is 6.71. The van der Waals surface area contributed by atoms with Gasteiger partial charge in [0.05, 0.1) is 6.61 Å². The SMILES string of the molecule is COCc1cccc(C(=O)NC(CC2CC2)C(=O)O)c1. The molecule has 2 rings (SSSR count). The number of carboxylic acids is 1. The number of aliphatic carboxylic acids is 1. The minimum Gasteiger partial charge on any atom is -0.480 e. The number of ether oxygens (including phenoxy) is 1. The normalized spacial score (nSPS) is 15.7. The number of hydrogen-bond donors (Lipinski definition) is 2. The largest absolute Gasteiger partial charge is 0.480 e. The van der Waals surface area contributed by atoms with Crippen LogP contribution in [-0.2, 0) is 16.1 Å². The van der Waals surface area contributed by atoms with Gasteiger partial charge in [0.15, 0.2) is 0 Å². The molecule has 108 valence electrons. The van der Waals surface area contributed by atoms with Crippen LogP contribution in [-0.4, -0.2) is 30.1 Å². The van der Waals surface area contributed by atoms with E-state index >= 15 is 0 Å². The van der Waals surface area contributed by atoms with Gasteiger partial charge in [0.25, 0.3) is 5.91 Å². The average molecular weight is 277 g/mol. The molecule has 0 aromatic heterocycles. The Kier molecular flexibility index (Phi) is 4.74. The Morgan fingerprint density at radius 3 is 2.80 bits per heavy atom. The lowest BCUT2D eigenvalue weighted by Crippen LogP contribution is -2.41. The van der Waals surface area contributed by atoms with Crippen LogP contribution in [0.1, 0.15) is 35.2 Å². The molecule has 0 bridgehead atoms. The monoisotopic (exact) mass is 277 g/mol. The Labute approximate surface area is 117 Å². The molecule has 5 heteroatoms. The topological polar surface area (TPSA) is 75.6 Å². The van der Waals surface area contributed by atoms with Gasteiger partial charge in [-0.1, -0.05) is 25.0 Å². The van der Waals surface area contributed by atoms with Crippen LogP contribution in [0.2, 0.25) is 0 Å². The minimum absolute atomic E-state index is 0.351. The Morgan fingerprint density at radius 2 is 2.20 bits per heavy atom. The van der Waals surface area contributed by atoms with Crippen LogP contribution >= 0.6 is 0 Å². The summed E-state index contributed by atoms with van der Waals surface area (Å²) in [6, 6.07) is 6.21. The second kappa shape index (κ2) is 6.52. The van der Waals surface area contributed by atoms with Gasteiger partial charge in [-0.2, -0.15) is 0 Å². The summed E-state index contributed by atoms with van der Waals surface area (Å²) in [5.41, 5.74) is 1.34. The van der Waals surface area contributed by atoms with Crippen molar-refractivity contribution in [2.45, 2.75) is 31.9 Å². The summed E-state index contributed by atoms with van der Waals surface area (Å²) in [5.74, 6) is -0.884. The predicted octanol–water partition coefficient (Wildman–Crippen LogP) is 1.82. The van der Waals surface area contributed by atoms with E-state index in [1.54, 1.807) is 25.3 Å². The van der Waals surface area contributed by atoms with Crippen molar-refractivity contribution in [2.75, 3.05) is 7.11 Å². The van der Waals surface area contributed by atoms with Gasteiger partial charge in [-0.25, -0.2) is 4.79 Å². The summed E-state index contributed by atoms with van der Waals surface area (Å²) < 4.78 is 5.02. The summed E-state index contributed by atoms with van der Waals surface area (Å²) in [6.45, 7) is 0.422. The maximum atomic E-state index is 12.1. The van der Waals surface area contributed by atoms with E-state index in [1.165, 1.54) is 0 Å². The van der Waals surface area contributed by atoms with Crippen LogP contribution in [0.4, 0.5) is 0 Å². The highest BCUT2D eigenvalue weighted by Crippen LogP contribution is 2.33. The molecule has 0 heterocycles. The minimum atomic E-state index is -0.974. The molecule has 20 heavy (non-hydrogen) atoms. The molecule has 1 fully saturated rings. The standard InChI is InChI=1S/C15H19NO4/c1-20-9-11-3-2-4-12(7-11)14(17)16-13(15(18)19)8-10-5-6-10/h2-4,7,10,13H,5-6,8-9H2,1H3,(H,16,17)(H,18,19). The molecule has 1 saturated carbocycles. The maximum absolute atomic E-state index is 12.1. The summed E-state index contributed by atoms with van der Waals surface area (Å²) in [7, 11) is 1.59. The number of methoxy groups -OCH3 is 1. The number of carbonyl (C=O) groups is 2. The highest BCUT2D eigenvalue weighted by atomic mass is 16.5. The van der Waals surface area contributed by atoms with Gasteiger partial charge in [-0.3, -0.25) is 4.79 Å². The predicted molar refractivity (Wildman–Crippen MR) is 73.4 cm³/mol. The third kappa shape index (κ3) is 4.06. The smallest absolute Gasteiger partial charge is 0.326 e. The lowest BCUT2D eigenvalue weighted by atomic mass is 10.1. The lowest BCUT2D eigenvalue weighted by molar-refractivity contribution is -0.139. The van der Waals surface area contributed by atoms with Gasteiger partial charge in [-0.05, 0) is 30.0 Å². The number of carbonyl (C=O) groups excluding carboxylic acids is 1. The van der Waals surface area contributed by atoms with Crippen molar-refractivity contribution in [1.29, 1.82) is 0 Å². The third-order valence-electron chi connectivity index (χ3n) is 3.37. The molecular formula is C15H19NO4. The molecule has 0 aliphatic heterocycles. The molecule has 1 unspecified atom stereocenters. The number of benzene rings is 1. The zero-order valence-corrected chi connectivity index (χ0v) is 11.5. The number of hydrogen-bond acceptors (Lipinski definition) is 3. The summed E-state index contributed by atoms with van der Waals surface area (Å²) >= 11 is 0. The Bertz CT molecular complexity index is 496. The first kappa shape index (κ1) is 14.5. The first-order valence-electron chi connectivity index (χ1n) is 6.71. The molecule has 1 aliphatic rings. The van der Waals surface area contributed by atoms with Crippen LogP contribution in [0.25, 0.3) is 0 Å². The van der Waals surface area contributed by atoms with E-state index < -0.39 is 12.0 Å². The number of rotatable bonds is 7. The van der Waals surface area contributed by atoms with Crippen LogP contribution in [0.15, 0.2) is 24.3 Å². The van der Waals surface area contributed by atoms with E-state index in [1.807, 2.05) is 6.07 Å². The van der Waals surface area contributed by atoms with Crippen molar-refractivity contribution in [2.24, 2.45) is 5.92 Å². The molecule has 1 amide bonds. The molecule has 2 N–H and O–H groups in total. The van der Waals surface area contributed by atoms with Gasteiger partial charge < -0.3 is 15.2 Å². The van der Waals surface area contributed by atoms with E-state index in [0.717, 1.165) is 18.4 Å². The van der Waals surface area contributed by atoms with Crippen molar-refractivity contribution in [3.8, 4) is 0 Å². The van der Waals surface area contributed by atoms with Crippen molar-refractivity contribution >= 4 is 11.9 Å². The molecule has 0 radical (unpaired) electrons. The zero-order valence-electron chi connectivity index (χ0n) is 11.5. The van der Waals surface area contributed by atoms with Crippen LogP contribution in [0.3, 0.4) is 0 Å². The Morgan fingerprint density at radius 1 is 1.45 bits per heavy atom. The van der Waals surface area contributed by atoms with Gasteiger partial charge in [0, 0.05) is 12.7 Å². The zero-order chi connectivity index (χ0) is 14.5. The fourth-order valence-electron chi connectivity index (χ4n) is 2.12. The molecule has 1 aromatic rings.